The molecule has 0 aliphatic rings. The third kappa shape index (κ3) is 2.93. The first-order valence-corrected chi connectivity index (χ1v) is 6.23. The van der Waals surface area contributed by atoms with Gasteiger partial charge in [0.15, 0.2) is 0 Å². The van der Waals surface area contributed by atoms with Crippen molar-refractivity contribution in [3.63, 3.8) is 0 Å². The Kier molecular flexibility index (Phi) is 3.88. The minimum absolute atomic E-state index is 0.0480. The lowest BCUT2D eigenvalue weighted by atomic mass is 10.1. The molecule has 0 spiro atoms. The fourth-order valence-corrected chi connectivity index (χ4v) is 2.61. The van der Waals surface area contributed by atoms with E-state index in [0.717, 1.165) is 0 Å². The van der Waals surface area contributed by atoms with Crippen molar-refractivity contribution in [2.75, 3.05) is 13.3 Å². The Balaban J connectivity index is 3.18. The number of nitrogens with two attached hydrogens (primary N) is 1. The number of hydrogen-bond acceptors (Lipinski definition) is 3. The molecule has 0 atom stereocenters. The third-order valence-corrected chi connectivity index (χ3v) is 3.28. The van der Waals surface area contributed by atoms with Crippen LogP contribution in [0.4, 0.5) is 4.39 Å². The number of ether oxygens (including phenoxy) is 1. The maximum absolute atomic E-state index is 11.9. The highest BCUT2D eigenvalue weighted by atomic mass is 32.2. The zero-order chi connectivity index (χ0) is 12.3. The summed E-state index contributed by atoms with van der Waals surface area (Å²) >= 11 is 0. The predicted octanol–water partition coefficient (Wildman–Crippen LogP) is 1.30. The van der Waals surface area contributed by atoms with Crippen molar-refractivity contribution < 1.29 is 17.5 Å². The molecule has 0 bridgehead atoms. The van der Waals surface area contributed by atoms with Gasteiger partial charge in [-0.25, -0.2) is 17.9 Å². The molecule has 0 aromatic heterocycles. The minimum atomic E-state index is -3.73. The van der Waals surface area contributed by atoms with Gasteiger partial charge in [-0.3, -0.25) is 0 Å². The molecule has 0 fully saturated rings. The van der Waals surface area contributed by atoms with Gasteiger partial charge in [-0.2, -0.15) is 0 Å². The smallest absolute Gasteiger partial charge is 0.238 e. The molecule has 0 heterocycles. The van der Waals surface area contributed by atoms with E-state index in [1.165, 1.54) is 12.1 Å². The highest BCUT2D eigenvalue weighted by molar-refractivity contribution is 7.89. The molecular weight excluding hydrogens is 233 g/mol. The van der Waals surface area contributed by atoms with Crippen molar-refractivity contribution in [1.82, 2.24) is 0 Å². The van der Waals surface area contributed by atoms with E-state index in [1.807, 2.05) is 0 Å². The number of rotatable bonds is 4. The first-order valence-electron chi connectivity index (χ1n) is 4.69. The fourth-order valence-electron chi connectivity index (χ4n) is 1.60. The summed E-state index contributed by atoms with van der Waals surface area (Å²) in [7, 11) is -3.73. The second-order valence-electron chi connectivity index (χ2n) is 3.47. The maximum Gasteiger partial charge on any atom is 0.238 e. The van der Waals surface area contributed by atoms with Crippen molar-refractivity contribution >= 4 is 10.0 Å². The fraction of sp³-hybridized carbons (Fsp3) is 0.400. The normalized spacial score (nSPS) is 11.5. The first kappa shape index (κ1) is 12.9. The molecule has 0 radical (unpaired) electrons. The van der Waals surface area contributed by atoms with E-state index in [9.17, 15) is 12.8 Å². The first-order chi connectivity index (χ1) is 7.36. The minimum Gasteiger partial charge on any atom is -0.491 e. The van der Waals surface area contributed by atoms with E-state index in [1.54, 1.807) is 13.8 Å². The van der Waals surface area contributed by atoms with Crippen LogP contribution in [0, 0.1) is 13.8 Å². The second kappa shape index (κ2) is 4.80. The molecule has 1 aromatic carbocycles. The van der Waals surface area contributed by atoms with Gasteiger partial charge in [0.25, 0.3) is 0 Å². The highest BCUT2D eigenvalue weighted by Crippen LogP contribution is 2.24. The molecule has 0 amide bonds. The van der Waals surface area contributed by atoms with Gasteiger partial charge < -0.3 is 4.74 Å². The van der Waals surface area contributed by atoms with Gasteiger partial charge in [0.2, 0.25) is 10.0 Å². The van der Waals surface area contributed by atoms with Crippen molar-refractivity contribution in [3.8, 4) is 5.75 Å². The molecule has 16 heavy (non-hydrogen) atoms. The van der Waals surface area contributed by atoms with E-state index < -0.39 is 16.7 Å². The molecular formula is C10H14FNO3S. The van der Waals surface area contributed by atoms with Gasteiger partial charge in [0.1, 0.15) is 19.0 Å². The summed E-state index contributed by atoms with van der Waals surface area (Å²) in [6.45, 7) is 2.60. The predicted molar refractivity (Wildman–Crippen MR) is 58.8 cm³/mol. The molecule has 1 rings (SSSR count). The van der Waals surface area contributed by atoms with Crippen LogP contribution in [0.3, 0.4) is 0 Å². The van der Waals surface area contributed by atoms with Crippen molar-refractivity contribution in [1.29, 1.82) is 0 Å². The molecule has 0 unspecified atom stereocenters. The van der Waals surface area contributed by atoms with E-state index >= 15 is 0 Å². The topological polar surface area (TPSA) is 69.4 Å². The van der Waals surface area contributed by atoms with Gasteiger partial charge in [-0.05, 0) is 37.1 Å². The molecule has 1 aromatic rings. The lowest BCUT2D eigenvalue weighted by Crippen LogP contribution is -2.15. The summed E-state index contributed by atoms with van der Waals surface area (Å²) in [4.78, 5) is 0.0973. The molecule has 0 aliphatic heterocycles. The van der Waals surface area contributed by atoms with Gasteiger partial charge in [-0.1, -0.05) is 0 Å². The second-order valence-corrected chi connectivity index (χ2v) is 4.97. The molecule has 90 valence electrons. The van der Waals surface area contributed by atoms with Crippen molar-refractivity contribution in [3.05, 3.63) is 23.3 Å². The van der Waals surface area contributed by atoms with Crippen LogP contribution in [0.25, 0.3) is 0 Å². The average Bonchev–Trinajstić information content (AvgIpc) is 2.11. The Labute approximate surface area is 94.3 Å². The molecule has 0 saturated carbocycles. The van der Waals surface area contributed by atoms with Gasteiger partial charge in [0, 0.05) is 0 Å². The number of aryl methyl sites for hydroxylation is 2. The Morgan fingerprint density at radius 2 is 1.81 bits per heavy atom. The zero-order valence-electron chi connectivity index (χ0n) is 9.16. The van der Waals surface area contributed by atoms with E-state index in [4.69, 9.17) is 9.88 Å². The number of sulfonamides is 1. The van der Waals surface area contributed by atoms with Crippen molar-refractivity contribution in [2.24, 2.45) is 5.14 Å². The van der Waals surface area contributed by atoms with Crippen LogP contribution in [0.15, 0.2) is 17.0 Å². The largest absolute Gasteiger partial charge is 0.491 e. The molecule has 0 saturated heterocycles. The SMILES string of the molecule is Cc1cc(OCCF)cc(C)c1S(N)(=O)=O. The zero-order valence-corrected chi connectivity index (χ0v) is 9.97. The Morgan fingerprint density at radius 3 is 2.19 bits per heavy atom. The lowest BCUT2D eigenvalue weighted by molar-refractivity contribution is 0.273. The Hall–Kier alpha value is -1.14. The summed E-state index contributed by atoms with van der Waals surface area (Å²) in [6, 6.07) is 3.06. The summed E-state index contributed by atoms with van der Waals surface area (Å²) in [5, 5.41) is 5.08. The molecule has 6 heteroatoms. The van der Waals surface area contributed by atoms with Crippen molar-refractivity contribution in [2.45, 2.75) is 18.7 Å². The number of primary sulfonamides is 1. The monoisotopic (exact) mass is 247 g/mol. The van der Waals surface area contributed by atoms with Crippen LogP contribution in [0.2, 0.25) is 0 Å². The number of halogens is 1. The van der Waals surface area contributed by atoms with Crippen LogP contribution < -0.4 is 9.88 Å². The highest BCUT2D eigenvalue weighted by Gasteiger charge is 2.15. The summed E-state index contributed by atoms with van der Waals surface area (Å²) in [6.07, 6.45) is 0. The standard InChI is InChI=1S/C10H14FNO3S/c1-7-5-9(15-4-3-11)6-8(2)10(7)16(12,13)14/h5-6H,3-4H2,1-2H3,(H2,12,13,14). The summed E-state index contributed by atoms with van der Waals surface area (Å²) in [5.74, 6) is 0.444. The van der Waals surface area contributed by atoms with Crippen LogP contribution in [-0.2, 0) is 10.0 Å². The number of alkyl halides is 1. The summed E-state index contributed by atoms with van der Waals surface area (Å²) < 4.78 is 39.5. The van der Waals surface area contributed by atoms with E-state index in [0.29, 0.717) is 16.9 Å². The van der Waals surface area contributed by atoms with Gasteiger partial charge in [-0.15, -0.1) is 0 Å². The van der Waals surface area contributed by atoms with Gasteiger partial charge in [0.05, 0.1) is 4.90 Å². The van der Waals surface area contributed by atoms with Crippen LogP contribution in [0.5, 0.6) is 5.75 Å². The number of hydrogen-bond donors (Lipinski definition) is 1. The third-order valence-electron chi connectivity index (χ3n) is 2.06. The Bertz CT molecular complexity index is 462. The molecule has 0 aliphatic carbocycles. The van der Waals surface area contributed by atoms with E-state index in [-0.39, 0.29) is 11.5 Å². The lowest BCUT2D eigenvalue weighted by Gasteiger charge is -2.11. The summed E-state index contributed by atoms with van der Waals surface area (Å²) in [5.41, 5.74) is 0.993. The Morgan fingerprint density at radius 1 is 1.31 bits per heavy atom. The quantitative estimate of drug-likeness (QED) is 0.871. The van der Waals surface area contributed by atoms with Crippen LogP contribution >= 0.6 is 0 Å². The average molecular weight is 247 g/mol. The maximum atomic E-state index is 11.9. The van der Waals surface area contributed by atoms with Crippen LogP contribution in [0.1, 0.15) is 11.1 Å². The molecule has 4 nitrogen and oxygen atoms in total. The van der Waals surface area contributed by atoms with E-state index in [2.05, 4.69) is 0 Å². The number of benzene rings is 1. The van der Waals surface area contributed by atoms with Crippen LogP contribution in [-0.4, -0.2) is 21.7 Å². The molecule has 2 N–H and O–H groups in total. The van der Waals surface area contributed by atoms with Gasteiger partial charge >= 0.3 is 0 Å².